The summed E-state index contributed by atoms with van der Waals surface area (Å²) in [5, 5.41) is 7.17. The summed E-state index contributed by atoms with van der Waals surface area (Å²) in [5.74, 6) is -1.51. The van der Waals surface area contributed by atoms with Crippen molar-refractivity contribution >= 4 is 21.6 Å². The van der Waals surface area contributed by atoms with Crippen LogP contribution >= 0.6 is 0 Å². The number of halogens is 1. The van der Waals surface area contributed by atoms with E-state index in [9.17, 15) is 17.6 Å². The van der Waals surface area contributed by atoms with Gasteiger partial charge in [0.05, 0.1) is 16.9 Å². The van der Waals surface area contributed by atoms with E-state index in [0.29, 0.717) is 0 Å². The average Bonchev–Trinajstić information content (AvgIpc) is 2.77. The highest BCUT2D eigenvalue weighted by Crippen LogP contribution is 2.18. The molecule has 9 heteroatoms. The zero-order valence-electron chi connectivity index (χ0n) is 10.4. The number of anilines is 1. The van der Waals surface area contributed by atoms with Gasteiger partial charge >= 0.3 is 0 Å². The molecule has 0 radical (unpaired) electrons. The number of carbonyl (C=O) groups is 1. The number of carbonyl (C=O) groups excluding carboxylic acids is 1. The molecule has 106 valence electrons. The highest BCUT2D eigenvalue weighted by Gasteiger charge is 2.15. The number of nitrogens with two attached hydrogens (primary N) is 1. The molecule has 20 heavy (non-hydrogen) atoms. The molecule has 0 bridgehead atoms. The van der Waals surface area contributed by atoms with Crippen molar-refractivity contribution in [1.29, 1.82) is 0 Å². The number of aryl methyl sites for hydroxylation is 1. The van der Waals surface area contributed by atoms with Crippen LogP contribution in [0.5, 0.6) is 0 Å². The number of hydrogen-bond acceptors (Lipinski definition) is 4. The maximum atomic E-state index is 13.7. The number of benzene rings is 1. The van der Waals surface area contributed by atoms with Crippen LogP contribution in [0.2, 0.25) is 0 Å². The molecule has 0 saturated carbocycles. The van der Waals surface area contributed by atoms with Crippen LogP contribution in [0.4, 0.5) is 10.1 Å². The summed E-state index contributed by atoms with van der Waals surface area (Å²) in [6, 6.07) is 2.96. The molecule has 0 atom stereocenters. The fourth-order valence-electron chi connectivity index (χ4n) is 1.49. The Kier molecular flexibility index (Phi) is 3.55. The fraction of sp³-hybridized carbons (Fsp3) is 0.0909. The molecule has 0 aliphatic carbocycles. The lowest BCUT2D eigenvalue weighted by molar-refractivity contribution is 0.102. The Bertz CT molecular complexity index is 770. The minimum Gasteiger partial charge on any atom is -0.340 e. The summed E-state index contributed by atoms with van der Waals surface area (Å²) < 4.78 is 37.4. The highest BCUT2D eigenvalue weighted by molar-refractivity contribution is 7.89. The first-order chi connectivity index (χ1) is 9.27. The lowest BCUT2D eigenvalue weighted by atomic mass is 10.3. The molecule has 0 aliphatic rings. The van der Waals surface area contributed by atoms with Gasteiger partial charge in [0.15, 0.2) is 0 Å². The number of rotatable bonds is 3. The lowest BCUT2D eigenvalue weighted by Crippen LogP contribution is -2.15. The summed E-state index contributed by atoms with van der Waals surface area (Å²) in [4.78, 5) is 15.2. The number of aromatic nitrogens is 2. The second kappa shape index (κ2) is 5.02. The van der Waals surface area contributed by atoms with Crippen molar-refractivity contribution < 1.29 is 17.6 Å². The highest BCUT2D eigenvalue weighted by atomic mass is 32.2. The first-order valence-corrected chi connectivity index (χ1v) is 6.93. The predicted octanol–water partition coefficient (Wildman–Crippen LogP) is 0.459. The molecule has 2 rings (SSSR count). The van der Waals surface area contributed by atoms with E-state index in [1.807, 2.05) is 0 Å². The van der Waals surface area contributed by atoms with Crippen LogP contribution in [0.3, 0.4) is 0 Å². The number of nitrogens with one attached hydrogen (secondary N) is 1. The maximum Gasteiger partial charge on any atom is 0.275 e. The first-order valence-electron chi connectivity index (χ1n) is 5.39. The Morgan fingerprint density at radius 3 is 2.65 bits per heavy atom. The van der Waals surface area contributed by atoms with E-state index in [-0.39, 0.29) is 16.3 Å². The monoisotopic (exact) mass is 298 g/mol. The third-order valence-corrected chi connectivity index (χ3v) is 3.37. The van der Waals surface area contributed by atoms with Gasteiger partial charge < -0.3 is 9.88 Å². The van der Waals surface area contributed by atoms with Crippen LogP contribution < -0.4 is 10.5 Å². The van der Waals surface area contributed by atoms with Crippen LogP contribution in [0, 0.1) is 5.82 Å². The second-order valence-electron chi connectivity index (χ2n) is 4.07. The number of sulfonamides is 1. The van der Waals surface area contributed by atoms with Gasteiger partial charge in [0.1, 0.15) is 11.5 Å². The summed E-state index contributed by atoms with van der Waals surface area (Å²) in [5.41, 5.74) is -0.0459. The largest absolute Gasteiger partial charge is 0.340 e. The van der Waals surface area contributed by atoms with Gasteiger partial charge in [-0.05, 0) is 18.2 Å². The van der Waals surface area contributed by atoms with Gasteiger partial charge in [0.25, 0.3) is 5.91 Å². The van der Waals surface area contributed by atoms with Gasteiger partial charge in [-0.15, -0.1) is 0 Å². The Balaban J connectivity index is 2.25. The van der Waals surface area contributed by atoms with Crippen molar-refractivity contribution in [1.82, 2.24) is 9.55 Å². The Morgan fingerprint density at radius 1 is 1.45 bits per heavy atom. The van der Waals surface area contributed by atoms with Gasteiger partial charge in [-0.3, -0.25) is 4.79 Å². The molecule has 2 aromatic rings. The van der Waals surface area contributed by atoms with Crippen molar-refractivity contribution in [2.75, 3.05) is 5.32 Å². The Morgan fingerprint density at radius 2 is 2.15 bits per heavy atom. The van der Waals surface area contributed by atoms with Crippen LogP contribution in [-0.4, -0.2) is 23.9 Å². The molecule has 0 spiro atoms. The van der Waals surface area contributed by atoms with Crippen molar-refractivity contribution in [2.45, 2.75) is 4.90 Å². The molecular weight excluding hydrogens is 287 g/mol. The van der Waals surface area contributed by atoms with E-state index in [4.69, 9.17) is 5.14 Å². The minimum absolute atomic E-state index is 0.113. The molecular formula is C11H11FN4O3S. The Labute approximate surface area is 114 Å². The predicted molar refractivity (Wildman–Crippen MR) is 68.9 cm³/mol. The number of primary sulfonamides is 1. The lowest BCUT2D eigenvalue weighted by Gasteiger charge is -2.06. The molecule has 7 nitrogen and oxygen atoms in total. The summed E-state index contributed by atoms with van der Waals surface area (Å²) in [6.07, 6.45) is 2.89. The van der Waals surface area contributed by atoms with Gasteiger partial charge in [-0.2, -0.15) is 0 Å². The van der Waals surface area contributed by atoms with E-state index in [2.05, 4.69) is 10.3 Å². The number of nitrogens with zero attached hydrogens (tertiary/aromatic N) is 2. The van der Waals surface area contributed by atoms with Crippen LogP contribution in [0.1, 0.15) is 10.5 Å². The number of amides is 1. The van der Waals surface area contributed by atoms with Gasteiger partial charge in [-0.25, -0.2) is 22.9 Å². The van der Waals surface area contributed by atoms with Crippen molar-refractivity contribution in [3.8, 4) is 0 Å². The van der Waals surface area contributed by atoms with E-state index < -0.39 is 21.7 Å². The van der Waals surface area contributed by atoms with E-state index in [0.717, 1.165) is 18.2 Å². The van der Waals surface area contributed by atoms with Gasteiger partial charge in [0, 0.05) is 13.2 Å². The minimum atomic E-state index is -3.99. The first kappa shape index (κ1) is 14.2. The quantitative estimate of drug-likeness (QED) is 0.858. The average molecular weight is 298 g/mol. The maximum absolute atomic E-state index is 13.7. The van der Waals surface area contributed by atoms with Crippen LogP contribution in [-0.2, 0) is 17.1 Å². The summed E-state index contributed by atoms with van der Waals surface area (Å²) in [6.45, 7) is 0. The Hall–Kier alpha value is -2.26. The topological polar surface area (TPSA) is 107 Å². The molecule has 0 saturated heterocycles. The third kappa shape index (κ3) is 3.00. The normalized spacial score (nSPS) is 11.3. The van der Waals surface area contributed by atoms with E-state index >= 15 is 0 Å². The molecule has 0 fully saturated rings. The summed E-state index contributed by atoms with van der Waals surface area (Å²) >= 11 is 0. The zero-order valence-corrected chi connectivity index (χ0v) is 11.2. The van der Waals surface area contributed by atoms with Gasteiger partial charge in [0.2, 0.25) is 10.0 Å². The van der Waals surface area contributed by atoms with Crippen molar-refractivity contribution in [3.05, 3.63) is 42.2 Å². The molecule has 0 aliphatic heterocycles. The van der Waals surface area contributed by atoms with E-state index in [1.54, 1.807) is 11.6 Å². The molecule has 1 amide bonds. The molecule has 1 aromatic carbocycles. The molecule has 1 heterocycles. The molecule has 0 unspecified atom stereocenters. The number of hydrogen-bond donors (Lipinski definition) is 2. The summed E-state index contributed by atoms with van der Waals surface area (Å²) in [7, 11) is -2.30. The molecule has 3 N–H and O–H groups in total. The SMILES string of the molecule is Cn1cnc(C(=O)Nc2ccc(S(N)(=O)=O)cc2F)c1. The van der Waals surface area contributed by atoms with Crippen LogP contribution in [0.15, 0.2) is 35.6 Å². The van der Waals surface area contributed by atoms with Crippen molar-refractivity contribution in [2.24, 2.45) is 12.2 Å². The standard InChI is InChI=1S/C11H11FN4O3S/c1-16-5-10(14-6-16)11(17)15-9-3-2-7(4-8(9)12)20(13,18)19/h2-6H,1H3,(H,15,17)(H2,13,18,19). The smallest absolute Gasteiger partial charge is 0.275 e. The number of imidazole rings is 1. The van der Waals surface area contributed by atoms with Crippen LogP contribution in [0.25, 0.3) is 0 Å². The fourth-order valence-corrected chi connectivity index (χ4v) is 2.02. The van der Waals surface area contributed by atoms with Crippen molar-refractivity contribution in [3.63, 3.8) is 0 Å². The zero-order chi connectivity index (χ0) is 14.9. The van der Waals surface area contributed by atoms with E-state index in [1.165, 1.54) is 12.5 Å². The molecule has 1 aromatic heterocycles. The third-order valence-electron chi connectivity index (χ3n) is 2.45. The van der Waals surface area contributed by atoms with Gasteiger partial charge in [-0.1, -0.05) is 0 Å². The second-order valence-corrected chi connectivity index (χ2v) is 5.63.